The number of rotatable bonds is 10. The van der Waals surface area contributed by atoms with E-state index in [-0.39, 0.29) is 18.2 Å². The number of ether oxygens (including phenoxy) is 2. The summed E-state index contributed by atoms with van der Waals surface area (Å²) in [5.74, 6) is 0.729. The van der Waals surface area contributed by atoms with Gasteiger partial charge in [-0.2, -0.15) is 0 Å². The lowest BCUT2D eigenvalue weighted by Gasteiger charge is -2.35. The SMILES string of the molecule is COc1ccc(NC(=O)N(Cc2ccc(-c3ccc(CN(C(=O)OC(C)(C)C)C4CCCCC4)cc3)cc2)Cc2ccc(C)nc2)cc1. The number of anilines is 1. The standard InChI is InChI=1S/C40H48N4O4/c1-29-11-12-32(25-41-29)27-43(38(45)42-35-21-23-37(47-5)24-22-35)26-30-13-17-33(18-14-30)34-19-15-31(16-20-34)28-44(36-9-7-6-8-10-36)39(46)48-40(2,3)4/h11-25,36H,6-10,26-28H2,1-5H3,(H,42,45). The van der Waals surface area contributed by atoms with Gasteiger partial charge in [0.15, 0.2) is 0 Å². The quantitative estimate of drug-likeness (QED) is 0.185. The van der Waals surface area contributed by atoms with Crippen molar-refractivity contribution in [3.05, 3.63) is 114 Å². The number of carbonyl (C=O) groups excluding carboxylic acids is 2. The summed E-state index contributed by atoms with van der Waals surface area (Å²) in [5, 5.41) is 3.02. The molecule has 0 saturated heterocycles. The van der Waals surface area contributed by atoms with Crippen LogP contribution in [0.2, 0.25) is 0 Å². The summed E-state index contributed by atoms with van der Waals surface area (Å²) in [4.78, 5) is 34.8. The van der Waals surface area contributed by atoms with Crippen LogP contribution in [0.25, 0.3) is 11.1 Å². The zero-order valence-electron chi connectivity index (χ0n) is 28.9. The summed E-state index contributed by atoms with van der Waals surface area (Å²) in [6.07, 6.45) is 7.14. The summed E-state index contributed by atoms with van der Waals surface area (Å²) >= 11 is 0. The third kappa shape index (κ3) is 9.83. The highest BCUT2D eigenvalue weighted by atomic mass is 16.6. The molecule has 0 unspecified atom stereocenters. The van der Waals surface area contributed by atoms with Crippen molar-refractivity contribution in [3.8, 4) is 16.9 Å². The van der Waals surface area contributed by atoms with Gasteiger partial charge in [-0.15, -0.1) is 0 Å². The normalized spacial score (nSPS) is 13.4. The van der Waals surface area contributed by atoms with Crippen molar-refractivity contribution in [2.75, 3.05) is 12.4 Å². The second-order valence-corrected chi connectivity index (χ2v) is 13.6. The molecule has 1 fully saturated rings. The van der Waals surface area contributed by atoms with Gasteiger partial charge in [0.1, 0.15) is 11.4 Å². The fourth-order valence-corrected chi connectivity index (χ4v) is 5.97. The Bertz CT molecular complexity index is 1620. The largest absolute Gasteiger partial charge is 0.497 e. The fraction of sp³-hybridized carbons (Fsp3) is 0.375. The van der Waals surface area contributed by atoms with Crippen molar-refractivity contribution in [1.82, 2.24) is 14.8 Å². The fourth-order valence-electron chi connectivity index (χ4n) is 5.97. The summed E-state index contributed by atoms with van der Waals surface area (Å²) in [5.41, 5.74) is 6.31. The molecule has 252 valence electrons. The van der Waals surface area contributed by atoms with Crippen LogP contribution in [0.4, 0.5) is 15.3 Å². The predicted molar refractivity (Wildman–Crippen MR) is 191 cm³/mol. The third-order valence-electron chi connectivity index (χ3n) is 8.59. The number of hydrogen-bond acceptors (Lipinski definition) is 5. The minimum atomic E-state index is -0.532. The minimum Gasteiger partial charge on any atom is -0.497 e. The number of pyridine rings is 1. The van der Waals surface area contributed by atoms with Crippen LogP contribution in [-0.2, 0) is 24.4 Å². The number of methoxy groups -OCH3 is 1. The molecule has 1 aromatic heterocycles. The number of aromatic nitrogens is 1. The van der Waals surface area contributed by atoms with Crippen LogP contribution < -0.4 is 10.1 Å². The molecule has 1 saturated carbocycles. The number of aryl methyl sites for hydroxylation is 1. The van der Waals surface area contributed by atoms with Crippen molar-refractivity contribution in [1.29, 1.82) is 0 Å². The number of carbonyl (C=O) groups is 2. The van der Waals surface area contributed by atoms with E-state index < -0.39 is 5.60 Å². The van der Waals surface area contributed by atoms with Gasteiger partial charge in [-0.25, -0.2) is 9.59 Å². The van der Waals surface area contributed by atoms with Crippen LogP contribution in [0.15, 0.2) is 91.1 Å². The van der Waals surface area contributed by atoms with Crippen LogP contribution in [0, 0.1) is 6.92 Å². The molecular formula is C40H48N4O4. The lowest BCUT2D eigenvalue weighted by Crippen LogP contribution is -2.43. The smallest absolute Gasteiger partial charge is 0.410 e. The lowest BCUT2D eigenvalue weighted by atomic mass is 9.94. The summed E-state index contributed by atoms with van der Waals surface area (Å²) in [6.45, 7) is 9.07. The van der Waals surface area contributed by atoms with Crippen molar-refractivity contribution < 1.29 is 19.1 Å². The maximum atomic E-state index is 13.5. The summed E-state index contributed by atoms with van der Waals surface area (Å²) in [7, 11) is 1.62. The molecular weight excluding hydrogens is 600 g/mol. The Labute approximate surface area is 285 Å². The first kappa shape index (κ1) is 34.5. The average molecular weight is 649 g/mol. The van der Waals surface area contributed by atoms with Crippen LogP contribution >= 0.6 is 0 Å². The molecule has 1 N–H and O–H groups in total. The second kappa shape index (κ2) is 15.8. The first-order valence-electron chi connectivity index (χ1n) is 16.9. The number of benzene rings is 3. The predicted octanol–water partition coefficient (Wildman–Crippen LogP) is 9.37. The molecule has 0 radical (unpaired) electrons. The molecule has 3 aromatic carbocycles. The first-order valence-corrected chi connectivity index (χ1v) is 16.9. The highest BCUT2D eigenvalue weighted by Crippen LogP contribution is 2.28. The molecule has 1 heterocycles. The minimum absolute atomic E-state index is 0.200. The van der Waals surface area contributed by atoms with Crippen molar-refractivity contribution in [2.24, 2.45) is 0 Å². The number of urea groups is 1. The van der Waals surface area contributed by atoms with Crippen LogP contribution in [0.3, 0.4) is 0 Å². The van der Waals surface area contributed by atoms with Crippen molar-refractivity contribution >= 4 is 17.8 Å². The average Bonchev–Trinajstić information content (AvgIpc) is 3.08. The topological polar surface area (TPSA) is 84.0 Å². The summed E-state index contributed by atoms with van der Waals surface area (Å²) in [6, 6.07) is 28.0. The van der Waals surface area contributed by atoms with Crippen LogP contribution in [-0.4, -0.2) is 45.7 Å². The van der Waals surface area contributed by atoms with E-state index in [0.29, 0.717) is 25.3 Å². The molecule has 5 rings (SSSR count). The Hall–Kier alpha value is -4.85. The zero-order chi connectivity index (χ0) is 34.1. The number of nitrogens with zero attached hydrogens (tertiary/aromatic N) is 3. The van der Waals surface area contributed by atoms with Gasteiger partial charge in [0.05, 0.1) is 7.11 Å². The van der Waals surface area contributed by atoms with E-state index in [4.69, 9.17) is 9.47 Å². The van der Waals surface area contributed by atoms with E-state index in [1.807, 2.05) is 75.2 Å². The molecule has 0 aliphatic heterocycles. The van der Waals surface area contributed by atoms with Crippen LogP contribution in [0.5, 0.6) is 5.75 Å². The number of hydrogen-bond donors (Lipinski definition) is 1. The lowest BCUT2D eigenvalue weighted by molar-refractivity contribution is 0.00988. The van der Waals surface area contributed by atoms with Gasteiger partial charge in [0.2, 0.25) is 0 Å². The second-order valence-electron chi connectivity index (χ2n) is 13.6. The monoisotopic (exact) mass is 648 g/mol. The highest BCUT2D eigenvalue weighted by molar-refractivity contribution is 5.89. The molecule has 48 heavy (non-hydrogen) atoms. The molecule has 0 spiro atoms. The molecule has 0 bridgehead atoms. The van der Waals surface area contributed by atoms with Crippen molar-refractivity contribution in [3.63, 3.8) is 0 Å². The molecule has 1 aliphatic carbocycles. The Kier molecular flexibility index (Phi) is 11.4. The third-order valence-corrected chi connectivity index (χ3v) is 8.59. The molecule has 0 atom stereocenters. The van der Waals surface area contributed by atoms with E-state index in [9.17, 15) is 9.59 Å². The van der Waals surface area contributed by atoms with Crippen molar-refractivity contribution in [2.45, 2.75) is 91.1 Å². The van der Waals surface area contributed by atoms with Gasteiger partial charge in [-0.3, -0.25) is 4.98 Å². The van der Waals surface area contributed by atoms with Crippen LogP contribution in [0.1, 0.15) is 75.3 Å². The molecule has 4 aromatic rings. The van der Waals surface area contributed by atoms with Gasteiger partial charge < -0.3 is 24.6 Å². The Morgan fingerprint density at radius 3 is 1.88 bits per heavy atom. The molecule has 8 heteroatoms. The maximum absolute atomic E-state index is 13.5. The zero-order valence-corrected chi connectivity index (χ0v) is 28.9. The Morgan fingerprint density at radius 1 is 0.771 bits per heavy atom. The summed E-state index contributed by atoms with van der Waals surface area (Å²) < 4.78 is 11.0. The van der Waals surface area contributed by atoms with Gasteiger partial charge in [-0.1, -0.05) is 73.9 Å². The van der Waals surface area contributed by atoms with E-state index in [0.717, 1.165) is 64.9 Å². The number of nitrogens with one attached hydrogen (secondary N) is 1. The molecule has 3 amide bonds. The van der Waals surface area contributed by atoms with Gasteiger partial charge >= 0.3 is 12.1 Å². The molecule has 8 nitrogen and oxygen atoms in total. The van der Waals surface area contributed by atoms with Gasteiger partial charge in [0.25, 0.3) is 0 Å². The van der Waals surface area contributed by atoms with E-state index in [1.165, 1.54) is 6.42 Å². The Balaban J connectivity index is 1.27. The maximum Gasteiger partial charge on any atom is 0.410 e. The molecule has 1 aliphatic rings. The first-order chi connectivity index (χ1) is 23.1. The highest BCUT2D eigenvalue weighted by Gasteiger charge is 2.29. The van der Waals surface area contributed by atoms with E-state index >= 15 is 0 Å². The van der Waals surface area contributed by atoms with E-state index in [2.05, 4.69) is 58.8 Å². The van der Waals surface area contributed by atoms with E-state index in [1.54, 1.807) is 12.0 Å². The number of amides is 3. The van der Waals surface area contributed by atoms with Gasteiger partial charge in [-0.05, 0) is 98.7 Å². The van der Waals surface area contributed by atoms with Gasteiger partial charge in [0, 0.05) is 43.3 Å². The Morgan fingerprint density at radius 2 is 1.33 bits per heavy atom.